The molecule has 0 spiro atoms. The number of hydrogen-bond donors (Lipinski definition) is 1. The molecule has 0 saturated carbocycles. The number of aromatic amines is 1. The van der Waals surface area contributed by atoms with Gasteiger partial charge in [-0.2, -0.15) is 0 Å². The molecule has 1 aromatic carbocycles. The Morgan fingerprint density at radius 1 is 1.00 bits per heavy atom. The zero-order chi connectivity index (χ0) is 19.6. The number of pyridine rings is 1. The molecule has 2 rings (SSSR count). The Hall–Kier alpha value is -2.07. The molecule has 0 bridgehead atoms. The molecular formula is C23H33NO3. The number of hydrogen-bond acceptors (Lipinski definition) is 3. The van der Waals surface area contributed by atoms with Crippen LogP contribution in [0, 0.1) is 6.92 Å². The minimum absolute atomic E-state index is 0.0153. The molecule has 4 nitrogen and oxygen atoms in total. The van der Waals surface area contributed by atoms with Gasteiger partial charge in [0.2, 0.25) is 0 Å². The quantitative estimate of drug-likeness (QED) is 0.627. The van der Waals surface area contributed by atoms with Crippen LogP contribution in [0.4, 0.5) is 0 Å². The Balaban J connectivity index is 2.03. The fourth-order valence-electron chi connectivity index (χ4n) is 3.12. The van der Waals surface area contributed by atoms with Crippen LogP contribution < -0.4 is 10.2 Å². The molecule has 0 aliphatic rings. The molecule has 27 heavy (non-hydrogen) atoms. The van der Waals surface area contributed by atoms with Gasteiger partial charge in [0, 0.05) is 23.9 Å². The van der Waals surface area contributed by atoms with E-state index in [2.05, 4.69) is 43.1 Å². The van der Waals surface area contributed by atoms with Crippen molar-refractivity contribution in [2.45, 2.75) is 65.9 Å². The van der Waals surface area contributed by atoms with Crippen LogP contribution in [-0.4, -0.2) is 24.3 Å². The predicted octanol–water partition coefficient (Wildman–Crippen LogP) is 4.61. The molecule has 1 N–H and O–H groups in total. The Labute approximate surface area is 162 Å². The van der Waals surface area contributed by atoms with Crippen LogP contribution in [0.3, 0.4) is 0 Å². The second kappa shape index (κ2) is 10.9. The molecule has 0 aliphatic heterocycles. The monoisotopic (exact) mass is 371 g/mol. The van der Waals surface area contributed by atoms with Crippen molar-refractivity contribution < 1.29 is 9.47 Å². The molecule has 1 unspecified atom stereocenters. The number of ether oxygens (including phenoxy) is 2. The fourth-order valence-corrected chi connectivity index (χ4v) is 3.12. The minimum atomic E-state index is 0.0153. The summed E-state index contributed by atoms with van der Waals surface area (Å²) in [4.78, 5) is 15.6. The van der Waals surface area contributed by atoms with E-state index in [0.29, 0.717) is 19.1 Å². The van der Waals surface area contributed by atoms with Gasteiger partial charge in [-0.1, -0.05) is 44.5 Å². The predicted molar refractivity (Wildman–Crippen MR) is 111 cm³/mol. The van der Waals surface area contributed by atoms with Crippen LogP contribution in [0.1, 0.15) is 56.0 Å². The minimum Gasteiger partial charge on any atom is -0.476 e. The third-order valence-electron chi connectivity index (χ3n) is 4.87. The van der Waals surface area contributed by atoms with Crippen molar-refractivity contribution in [3.8, 4) is 5.88 Å². The van der Waals surface area contributed by atoms with E-state index in [-0.39, 0.29) is 11.5 Å². The SMILES string of the molecule is CCCc1ccc(CCc2[nH]c(OCC(CC)OCC)cc(=O)c2C)cc1. The standard InChI is InChI=1S/C23H33NO3/c1-5-8-18-9-11-19(12-10-18)13-14-21-17(4)22(25)15-23(24-21)27-16-20(6-2)26-7-3/h9-12,15,20H,5-8,13-14,16H2,1-4H3,(H,24,25). The van der Waals surface area contributed by atoms with Gasteiger partial charge in [0.25, 0.3) is 0 Å². The average molecular weight is 372 g/mol. The summed E-state index contributed by atoms with van der Waals surface area (Å²) >= 11 is 0. The summed E-state index contributed by atoms with van der Waals surface area (Å²) in [5.41, 5.74) is 4.38. The average Bonchev–Trinajstić information content (AvgIpc) is 2.68. The van der Waals surface area contributed by atoms with Crippen molar-refractivity contribution in [3.05, 3.63) is 62.9 Å². The molecule has 148 valence electrons. The molecule has 0 radical (unpaired) electrons. The summed E-state index contributed by atoms with van der Waals surface area (Å²) in [7, 11) is 0. The molecule has 0 fully saturated rings. The Bertz CT molecular complexity index is 749. The molecule has 0 saturated heterocycles. The van der Waals surface area contributed by atoms with Crippen LogP contribution in [0.2, 0.25) is 0 Å². The van der Waals surface area contributed by atoms with Gasteiger partial charge in [-0.15, -0.1) is 0 Å². The highest BCUT2D eigenvalue weighted by Crippen LogP contribution is 2.14. The molecule has 2 aromatic rings. The summed E-state index contributed by atoms with van der Waals surface area (Å²) in [5.74, 6) is 0.525. The lowest BCUT2D eigenvalue weighted by molar-refractivity contribution is 0.0243. The van der Waals surface area contributed by atoms with Gasteiger partial charge in [0.1, 0.15) is 6.61 Å². The van der Waals surface area contributed by atoms with Crippen molar-refractivity contribution in [2.75, 3.05) is 13.2 Å². The zero-order valence-corrected chi connectivity index (χ0v) is 17.1. The second-order valence-corrected chi connectivity index (χ2v) is 6.96. The molecule has 1 aromatic heterocycles. The molecule has 1 atom stereocenters. The summed E-state index contributed by atoms with van der Waals surface area (Å²) in [5, 5.41) is 0. The Kier molecular flexibility index (Phi) is 8.59. The van der Waals surface area contributed by atoms with Gasteiger partial charge < -0.3 is 14.5 Å². The molecular weight excluding hydrogens is 338 g/mol. The van der Waals surface area contributed by atoms with E-state index in [1.807, 2.05) is 13.8 Å². The first kappa shape index (κ1) is 21.2. The van der Waals surface area contributed by atoms with Gasteiger partial charge in [0.05, 0.1) is 6.10 Å². The number of nitrogens with one attached hydrogen (secondary N) is 1. The third kappa shape index (κ3) is 6.55. The number of benzene rings is 1. The van der Waals surface area contributed by atoms with Crippen LogP contribution in [0.25, 0.3) is 0 Å². The van der Waals surface area contributed by atoms with Crippen molar-refractivity contribution in [1.82, 2.24) is 4.98 Å². The van der Waals surface area contributed by atoms with E-state index in [1.54, 1.807) is 0 Å². The van der Waals surface area contributed by atoms with E-state index in [4.69, 9.17) is 9.47 Å². The number of aromatic nitrogens is 1. The van der Waals surface area contributed by atoms with Gasteiger partial charge in [-0.05, 0) is 50.7 Å². The van der Waals surface area contributed by atoms with Crippen LogP contribution in [-0.2, 0) is 24.0 Å². The highest BCUT2D eigenvalue weighted by Gasteiger charge is 2.10. The maximum atomic E-state index is 12.3. The first-order valence-corrected chi connectivity index (χ1v) is 10.1. The number of H-pyrrole nitrogens is 1. The van der Waals surface area contributed by atoms with E-state index in [1.165, 1.54) is 17.2 Å². The Morgan fingerprint density at radius 3 is 2.26 bits per heavy atom. The Morgan fingerprint density at radius 2 is 1.67 bits per heavy atom. The highest BCUT2D eigenvalue weighted by molar-refractivity contribution is 5.27. The van der Waals surface area contributed by atoms with Crippen LogP contribution >= 0.6 is 0 Å². The van der Waals surface area contributed by atoms with Gasteiger partial charge >= 0.3 is 0 Å². The van der Waals surface area contributed by atoms with E-state index >= 15 is 0 Å². The second-order valence-electron chi connectivity index (χ2n) is 6.96. The highest BCUT2D eigenvalue weighted by atomic mass is 16.5. The van der Waals surface area contributed by atoms with Crippen molar-refractivity contribution >= 4 is 0 Å². The molecule has 1 heterocycles. The third-order valence-corrected chi connectivity index (χ3v) is 4.87. The summed E-state index contributed by atoms with van der Waals surface area (Å²) in [6, 6.07) is 10.3. The first-order valence-electron chi connectivity index (χ1n) is 10.1. The molecule has 4 heteroatoms. The van der Waals surface area contributed by atoms with Gasteiger partial charge in [-0.25, -0.2) is 0 Å². The summed E-state index contributed by atoms with van der Waals surface area (Å²) in [6.45, 7) is 9.22. The largest absolute Gasteiger partial charge is 0.476 e. The lowest BCUT2D eigenvalue weighted by atomic mass is 10.0. The zero-order valence-electron chi connectivity index (χ0n) is 17.1. The maximum absolute atomic E-state index is 12.3. The normalized spacial score (nSPS) is 12.1. The van der Waals surface area contributed by atoms with E-state index in [0.717, 1.165) is 43.4 Å². The molecule has 0 aliphatic carbocycles. The summed E-state index contributed by atoms with van der Waals surface area (Å²) < 4.78 is 11.4. The van der Waals surface area contributed by atoms with Gasteiger partial charge in [0.15, 0.2) is 11.3 Å². The van der Waals surface area contributed by atoms with Crippen molar-refractivity contribution in [2.24, 2.45) is 0 Å². The lowest BCUT2D eigenvalue weighted by Gasteiger charge is -2.16. The van der Waals surface area contributed by atoms with E-state index < -0.39 is 0 Å². The van der Waals surface area contributed by atoms with E-state index in [9.17, 15) is 4.79 Å². The van der Waals surface area contributed by atoms with Crippen molar-refractivity contribution in [3.63, 3.8) is 0 Å². The maximum Gasteiger partial charge on any atom is 0.194 e. The van der Waals surface area contributed by atoms with Gasteiger partial charge in [-0.3, -0.25) is 4.79 Å². The smallest absolute Gasteiger partial charge is 0.194 e. The van der Waals surface area contributed by atoms with Crippen LogP contribution in [0.5, 0.6) is 5.88 Å². The fraction of sp³-hybridized carbons (Fsp3) is 0.522. The number of aryl methyl sites for hydroxylation is 3. The molecule has 0 amide bonds. The first-order chi connectivity index (χ1) is 13.1. The topological polar surface area (TPSA) is 51.3 Å². The van der Waals surface area contributed by atoms with Crippen LogP contribution in [0.15, 0.2) is 35.1 Å². The van der Waals surface area contributed by atoms with Crippen molar-refractivity contribution in [1.29, 1.82) is 0 Å². The lowest BCUT2D eigenvalue weighted by Crippen LogP contribution is -2.22. The summed E-state index contributed by atoms with van der Waals surface area (Å²) in [6.07, 6.45) is 4.88. The number of rotatable bonds is 11.